The van der Waals surface area contributed by atoms with Crippen LogP contribution in [0.15, 0.2) is 12.3 Å². The first-order valence-electron chi connectivity index (χ1n) is 9.55. The second kappa shape index (κ2) is 7.36. The minimum Gasteiger partial charge on any atom is -0.372 e. The van der Waals surface area contributed by atoms with Crippen molar-refractivity contribution in [2.45, 2.75) is 58.7 Å². The summed E-state index contributed by atoms with van der Waals surface area (Å²) < 4.78 is 7.75. The van der Waals surface area contributed by atoms with Crippen molar-refractivity contribution in [3.8, 4) is 0 Å². The van der Waals surface area contributed by atoms with E-state index in [1.165, 1.54) is 0 Å². The lowest BCUT2D eigenvalue weighted by molar-refractivity contribution is -0.0175. The van der Waals surface area contributed by atoms with Gasteiger partial charge < -0.3 is 15.0 Å². The zero-order valence-corrected chi connectivity index (χ0v) is 16.1. The van der Waals surface area contributed by atoms with E-state index in [2.05, 4.69) is 38.1 Å². The van der Waals surface area contributed by atoms with Gasteiger partial charge in [-0.05, 0) is 36.7 Å². The molecule has 2 amide bonds. The average Bonchev–Trinajstić information content (AvgIpc) is 2.91. The van der Waals surface area contributed by atoms with Crippen LogP contribution in [0.5, 0.6) is 0 Å². The number of aryl methyl sites for hydroxylation is 1. The first-order chi connectivity index (χ1) is 11.9. The van der Waals surface area contributed by atoms with Gasteiger partial charge in [-0.1, -0.05) is 27.7 Å². The maximum absolute atomic E-state index is 12.8. The molecule has 6 heteroatoms. The van der Waals surface area contributed by atoms with Gasteiger partial charge in [-0.3, -0.25) is 4.68 Å². The number of nitrogens with zero attached hydrogens (tertiary/aromatic N) is 3. The predicted molar refractivity (Wildman–Crippen MR) is 97.1 cm³/mol. The molecule has 2 aliphatic rings. The van der Waals surface area contributed by atoms with Gasteiger partial charge in [-0.15, -0.1) is 0 Å². The fourth-order valence-corrected chi connectivity index (χ4v) is 4.32. The maximum Gasteiger partial charge on any atom is 0.317 e. The fraction of sp³-hybridized carbons (Fsp3) is 0.789. The average molecular weight is 348 g/mol. The molecule has 0 radical (unpaired) electrons. The Labute approximate surface area is 150 Å². The van der Waals surface area contributed by atoms with E-state index in [1.807, 2.05) is 22.7 Å². The highest BCUT2D eigenvalue weighted by molar-refractivity contribution is 5.76. The van der Waals surface area contributed by atoms with E-state index in [4.69, 9.17) is 4.74 Å². The van der Waals surface area contributed by atoms with Crippen LogP contribution >= 0.6 is 0 Å². The molecular weight excluding hydrogens is 316 g/mol. The molecular formula is C19H32N4O2. The van der Waals surface area contributed by atoms with Crippen LogP contribution in [-0.2, 0) is 11.8 Å². The Morgan fingerprint density at radius 2 is 2.08 bits per heavy atom. The number of carbonyl (C=O) groups excluding carboxylic acids is 1. The SMILES string of the molecule is CC(C)C1CN(C(=O)NC2CCOC(c3ccnn3C)C2)C1C(C)C. The number of carbonyl (C=O) groups is 1. The van der Waals surface area contributed by atoms with Crippen LogP contribution in [0.4, 0.5) is 4.79 Å². The highest BCUT2D eigenvalue weighted by Gasteiger charge is 2.45. The van der Waals surface area contributed by atoms with Gasteiger partial charge in [0.15, 0.2) is 0 Å². The molecule has 1 N–H and O–H groups in total. The van der Waals surface area contributed by atoms with E-state index < -0.39 is 0 Å². The molecule has 1 aromatic rings. The normalized spacial score (nSPS) is 29.8. The van der Waals surface area contributed by atoms with Crippen LogP contribution in [-0.4, -0.2) is 45.9 Å². The molecule has 4 atom stereocenters. The maximum atomic E-state index is 12.8. The van der Waals surface area contributed by atoms with Gasteiger partial charge >= 0.3 is 6.03 Å². The van der Waals surface area contributed by atoms with Crippen LogP contribution in [0.3, 0.4) is 0 Å². The molecule has 2 saturated heterocycles. The van der Waals surface area contributed by atoms with Crippen LogP contribution in [0, 0.1) is 17.8 Å². The number of likely N-dealkylation sites (tertiary alicyclic amines) is 1. The van der Waals surface area contributed by atoms with Gasteiger partial charge in [0.25, 0.3) is 0 Å². The van der Waals surface area contributed by atoms with Crippen LogP contribution in [0.25, 0.3) is 0 Å². The van der Waals surface area contributed by atoms with E-state index in [1.54, 1.807) is 6.20 Å². The van der Waals surface area contributed by atoms with Crippen molar-refractivity contribution in [2.75, 3.05) is 13.2 Å². The van der Waals surface area contributed by atoms with Crippen molar-refractivity contribution in [3.05, 3.63) is 18.0 Å². The van der Waals surface area contributed by atoms with E-state index >= 15 is 0 Å². The Kier molecular flexibility index (Phi) is 5.37. The largest absolute Gasteiger partial charge is 0.372 e. The number of hydrogen-bond donors (Lipinski definition) is 1. The minimum absolute atomic E-state index is 0.00671. The summed E-state index contributed by atoms with van der Waals surface area (Å²) in [4.78, 5) is 14.8. The van der Waals surface area contributed by atoms with Gasteiger partial charge in [0.05, 0.1) is 5.69 Å². The predicted octanol–water partition coefficient (Wildman–Crippen LogP) is 2.96. The molecule has 6 nitrogen and oxygen atoms in total. The highest BCUT2D eigenvalue weighted by atomic mass is 16.5. The van der Waals surface area contributed by atoms with E-state index in [0.717, 1.165) is 25.1 Å². The lowest BCUT2D eigenvalue weighted by Crippen LogP contribution is -2.65. The molecule has 0 spiro atoms. The fourth-order valence-electron chi connectivity index (χ4n) is 4.32. The summed E-state index contributed by atoms with van der Waals surface area (Å²) in [5.41, 5.74) is 1.07. The second-order valence-electron chi connectivity index (χ2n) is 8.20. The molecule has 0 saturated carbocycles. The van der Waals surface area contributed by atoms with Crippen molar-refractivity contribution >= 4 is 6.03 Å². The standard InChI is InChI=1S/C19H32N4O2/c1-12(2)15-11-23(18(15)13(3)4)19(24)21-14-7-9-25-17(10-14)16-6-8-20-22(16)5/h6,8,12-15,17-18H,7,9-11H2,1-5H3,(H,21,24). The lowest BCUT2D eigenvalue weighted by atomic mass is 9.75. The highest BCUT2D eigenvalue weighted by Crippen LogP contribution is 2.36. The second-order valence-corrected chi connectivity index (χ2v) is 8.20. The van der Waals surface area contributed by atoms with Gasteiger partial charge in [-0.25, -0.2) is 4.79 Å². The van der Waals surface area contributed by atoms with E-state index in [9.17, 15) is 4.79 Å². The van der Waals surface area contributed by atoms with Gasteiger partial charge in [0.1, 0.15) is 6.10 Å². The summed E-state index contributed by atoms with van der Waals surface area (Å²) in [5, 5.41) is 7.48. The molecule has 3 rings (SSSR count). The zero-order chi connectivity index (χ0) is 18.1. The monoisotopic (exact) mass is 348 g/mol. The number of hydrogen-bond acceptors (Lipinski definition) is 3. The molecule has 140 valence electrons. The number of nitrogens with one attached hydrogen (secondary N) is 1. The summed E-state index contributed by atoms with van der Waals surface area (Å²) in [7, 11) is 1.93. The third-order valence-corrected chi connectivity index (χ3v) is 5.81. The number of ether oxygens (including phenoxy) is 1. The molecule has 4 unspecified atom stereocenters. The molecule has 2 fully saturated rings. The Balaban J connectivity index is 1.58. The van der Waals surface area contributed by atoms with Gasteiger partial charge in [-0.2, -0.15) is 5.10 Å². The quantitative estimate of drug-likeness (QED) is 0.910. The van der Waals surface area contributed by atoms with Crippen LogP contribution in [0.2, 0.25) is 0 Å². The summed E-state index contributed by atoms with van der Waals surface area (Å²) in [6.07, 6.45) is 3.47. The molecule has 0 bridgehead atoms. The van der Waals surface area contributed by atoms with Crippen LogP contribution in [0.1, 0.15) is 52.3 Å². The van der Waals surface area contributed by atoms with E-state index in [-0.39, 0.29) is 18.2 Å². The van der Waals surface area contributed by atoms with Crippen molar-refractivity contribution in [1.82, 2.24) is 20.0 Å². The topological polar surface area (TPSA) is 59.4 Å². The van der Waals surface area contributed by atoms with E-state index in [0.29, 0.717) is 30.4 Å². The Morgan fingerprint density at radius 3 is 2.68 bits per heavy atom. The minimum atomic E-state index is 0.00671. The van der Waals surface area contributed by atoms with Crippen molar-refractivity contribution < 1.29 is 9.53 Å². The van der Waals surface area contributed by atoms with Crippen molar-refractivity contribution in [2.24, 2.45) is 24.8 Å². The number of aromatic nitrogens is 2. The molecule has 0 aliphatic carbocycles. The Morgan fingerprint density at radius 1 is 1.32 bits per heavy atom. The Hall–Kier alpha value is -1.56. The van der Waals surface area contributed by atoms with Crippen molar-refractivity contribution in [1.29, 1.82) is 0 Å². The third kappa shape index (κ3) is 3.68. The third-order valence-electron chi connectivity index (χ3n) is 5.81. The first-order valence-corrected chi connectivity index (χ1v) is 9.55. The molecule has 3 heterocycles. The number of amides is 2. The first kappa shape index (κ1) is 18.2. The summed E-state index contributed by atoms with van der Waals surface area (Å²) >= 11 is 0. The molecule has 0 aromatic carbocycles. The smallest absolute Gasteiger partial charge is 0.317 e. The number of urea groups is 1. The Bertz CT molecular complexity index is 598. The van der Waals surface area contributed by atoms with Gasteiger partial charge in [0, 0.05) is 38.5 Å². The molecule has 25 heavy (non-hydrogen) atoms. The van der Waals surface area contributed by atoms with Gasteiger partial charge in [0.2, 0.25) is 0 Å². The lowest BCUT2D eigenvalue weighted by Gasteiger charge is -2.52. The summed E-state index contributed by atoms with van der Waals surface area (Å²) in [5.74, 6) is 1.72. The molecule has 2 aliphatic heterocycles. The molecule has 1 aromatic heterocycles. The van der Waals surface area contributed by atoms with Crippen molar-refractivity contribution in [3.63, 3.8) is 0 Å². The number of rotatable bonds is 4. The summed E-state index contributed by atoms with van der Waals surface area (Å²) in [6.45, 7) is 10.5. The zero-order valence-electron chi connectivity index (χ0n) is 16.1. The van der Waals surface area contributed by atoms with Crippen LogP contribution < -0.4 is 5.32 Å². The summed E-state index contributed by atoms with van der Waals surface area (Å²) in [6, 6.07) is 2.60.